The average molecular weight is 179 g/mol. The van der Waals surface area contributed by atoms with Gasteiger partial charge in [-0.25, -0.2) is 0 Å². The van der Waals surface area contributed by atoms with E-state index < -0.39 is 0 Å². The van der Waals surface area contributed by atoms with Crippen LogP contribution in [0.3, 0.4) is 0 Å². The van der Waals surface area contributed by atoms with Crippen molar-refractivity contribution in [3.8, 4) is 0 Å². The van der Waals surface area contributed by atoms with Crippen molar-refractivity contribution < 1.29 is 9.47 Å². The zero-order valence-electron chi connectivity index (χ0n) is 7.45. The first-order valence-corrected chi connectivity index (χ1v) is 4.28. The Balaban J connectivity index is 0.000000653. The summed E-state index contributed by atoms with van der Waals surface area (Å²) in [6.07, 6.45) is 1.02. The molecule has 1 aromatic carbocycles. The lowest BCUT2D eigenvalue weighted by atomic mass is 9.88. The minimum Gasteiger partial charge on any atom is -0.346 e. The Morgan fingerprint density at radius 2 is 1.85 bits per heavy atom. The largest absolute Gasteiger partial charge is 0.346 e. The van der Waals surface area contributed by atoms with Crippen LogP contribution in [0.4, 0.5) is 0 Å². The maximum Gasteiger partial charge on any atom is 0.184 e. The van der Waals surface area contributed by atoms with E-state index in [1.807, 2.05) is 0 Å². The molecule has 0 unspecified atom stereocenters. The maximum atomic E-state index is 5.43. The second-order valence-corrected chi connectivity index (χ2v) is 3.28. The first-order valence-electron chi connectivity index (χ1n) is 4.28. The second kappa shape index (κ2) is 3.10. The highest BCUT2D eigenvalue weighted by Gasteiger charge is 2.24. The SMILES string of the molecule is N.c1cc(C2OCCO2)c2cc1C2. The molecule has 1 fully saturated rings. The number of fused-ring (bicyclic) bond motifs is 2. The van der Waals surface area contributed by atoms with Gasteiger partial charge < -0.3 is 15.6 Å². The Hall–Kier alpha value is -0.900. The smallest absolute Gasteiger partial charge is 0.184 e. The quantitative estimate of drug-likeness (QED) is 0.726. The van der Waals surface area contributed by atoms with Crippen molar-refractivity contribution in [1.82, 2.24) is 6.15 Å². The van der Waals surface area contributed by atoms with Gasteiger partial charge in [-0.15, -0.1) is 0 Å². The number of hydrogen-bond donors (Lipinski definition) is 1. The van der Waals surface area contributed by atoms with E-state index in [0.717, 1.165) is 19.6 Å². The van der Waals surface area contributed by atoms with Crippen LogP contribution in [0.15, 0.2) is 18.2 Å². The van der Waals surface area contributed by atoms with Gasteiger partial charge in [-0.1, -0.05) is 18.2 Å². The lowest BCUT2D eigenvalue weighted by molar-refractivity contribution is -0.0448. The summed E-state index contributed by atoms with van der Waals surface area (Å²) >= 11 is 0. The van der Waals surface area contributed by atoms with Crippen molar-refractivity contribution in [3.63, 3.8) is 0 Å². The lowest BCUT2D eigenvalue weighted by Crippen LogP contribution is -2.10. The van der Waals surface area contributed by atoms with Gasteiger partial charge in [0.15, 0.2) is 6.29 Å². The van der Waals surface area contributed by atoms with E-state index >= 15 is 0 Å². The topological polar surface area (TPSA) is 53.5 Å². The van der Waals surface area contributed by atoms with Gasteiger partial charge in [-0.05, 0) is 17.5 Å². The molecule has 1 aliphatic heterocycles. The molecule has 0 radical (unpaired) electrons. The van der Waals surface area contributed by atoms with Crippen molar-refractivity contribution in [2.45, 2.75) is 12.7 Å². The minimum atomic E-state index is -0.0886. The normalized spacial score (nSPS) is 19.4. The summed E-state index contributed by atoms with van der Waals surface area (Å²) in [5.74, 6) is 0. The molecule has 0 atom stereocenters. The van der Waals surface area contributed by atoms with Gasteiger partial charge in [0, 0.05) is 5.56 Å². The minimum absolute atomic E-state index is 0. The van der Waals surface area contributed by atoms with Crippen molar-refractivity contribution in [2.24, 2.45) is 0 Å². The standard InChI is InChI=1S/C10H10O2.H3N/c1-2-9(8-5-7(1)6-8)10-11-3-4-12-10;/h1-2,5,10H,3-4,6H2;1H3. The summed E-state index contributed by atoms with van der Waals surface area (Å²) in [6, 6.07) is 6.47. The van der Waals surface area contributed by atoms with E-state index in [-0.39, 0.29) is 12.4 Å². The van der Waals surface area contributed by atoms with Crippen LogP contribution in [-0.4, -0.2) is 13.2 Å². The van der Waals surface area contributed by atoms with Crippen LogP contribution in [0.1, 0.15) is 23.0 Å². The van der Waals surface area contributed by atoms with Crippen molar-refractivity contribution in [2.75, 3.05) is 13.2 Å². The third kappa shape index (κ3) is 1.25. The van der Waals surface area contributed by atoms with Crippen LogP contribution in [0.2, 0.25) is 0 Å². The number of rotatable bonds is 1. The third-order valence-electron chi connectivity index (χ3n) is 2.48. The van der Waals surface area contributed by atoms with E-state index in [1.165, 1.54) is 16.7 Å². The molecule has 3 N–H and O–H groups in total. The van der Waals surface area contributed by atoms with Crippen LogP contribution in [0.5, 0.6) is 0 Å². The van der Waals surface area contributed by atoms with Gasteiger partial charge in [0.2, 0.25) is 0 Å². The number of ether oxygens (including phenoxy) is 2. The Bertz CT molecular complexity index is 315. The van der Waals surface area contributed by atoms with Gasteiger partial charge >= 0.3 is 0 Å². The molecular weight excluding hydrogens is 166 g/mol. The molecule has 3 aliphatic rings. The van der Waals surface area contributed by atoms with E-state index in [4.69, 9.17) is 9.47 Å². The fraction of sp³-hybridized carbons (Fsp3) is 0.400. The van der Waals surface area contributed by atoms with E-state index in [0.29, 0.717) is 0 Å². The Labute approximate surface area is 77.2 Å². The van der Waals surface area contributed by atoms with Gasteiger partial charge in [-0.2, -0.15) is 0 Å². The number of benzene rings is 1. The molecule has 3 nitrogen and oxygen atoms in total. The molecule has 3 heteroatoms. The molecule has 2 bridgehead atoms. The summed E-state index contributed by atoms with van der Waals surface area (Å²) in [7, 11) is 0. The second-order valence-electron chi connectivity index (χ2n) is 3.28. The molecule has 1 heterocycles. The molecule has 2 aliphatic carbocycles. The van der Waals surface area contributed by atoms with Crippen LogP contribution < -0.4 is 6.15 Å². The average Bonchev–Trinajstić information content (AvgIpc) is 2.54. The molecule has 70 valence electrons. The molecule has 0 amide bonds. The monoisotopic (exact) mass is 179 g/mol. The highest BCUT2D eigenvalue weighted by molar-refractivity contribution is 5.44. The molecular formula is C10H13NO2. The predicted octanol–water partition coefficient (Wildman–Crippen LogP) is 1.80. The molecule has 0 saturated carbocycles. The number of hydrogen-bond acceptors (Lipinski definition) is 3. The third-order valence-corrected chi connectivity index (χ3v) is 2.48. The zero-order chi connectivity index (χ0) is 7.97. The zero-order valence-corrected chi connectivity index (χ0v) is 7.45. The first kappa shape index (κ1) is 8.69. The Kier molecular flexibility index (Phi) is 2.07. The van der Waals surface area contributed by atoms with Gasteiger partial charge in [-0.3, -0.25) is 0 Å². The molecule has 0 spiro atoms. The van der Waals surface area contributed by atoms with Gasteiger partial charge in [0.25, 0.3) is 0 Å². The van der Waals surface area contributed by atoms with Crippen molar-refractivity contribution >= 4 is 0 Å². The Morgan fingerprint density at radius 1 is 1.15 bits per heavy atom. The summed E-state index contributed by atoms with van der Waals surface area (Å²) in [6.45, 7) is 1.46. The fourth-order valence-electron chi connectivity index (χ4n) is 1.78. The van der Waals surface area contributed by atoms with Crippen LogP contribution in [0.25, 0.3) is 0 Å². The van der Waals surface area contributed by atoms with Crippen molar-refractivity contribution in [1.29, 1.82) is 0 Å². The molecule has 1 aromatic rings. The van der Waals surface area contributed by atoms with Crippen LogP contribution in [0, 0.1) is 0 Å². The fourth-order valence-corrected chi connectivity index (χ4v) is 1.78. The highest BCUT2D eigenvalue weighted by atomic mass is 16.7. The molecule has 0 aromatic heterocycles. The Morgan fingerprint density at radius 3 is 2.38 bits per heavy atom. The van der Waals surface area contributed by atoms with Gasteiger partial charge in [0.05, 0.1) is 13.2 Å². The summed E-state index contributed by atoms with van der Waals surface area (Å²) in [4.78, 5) is 0. The predicted molar refractivity (Wildman–Crippen MR) is 48.9 cm³/mol. The van der Waals surface area contributed by atoms with E-state index in [9.17, 15) is 0 Å². The van der Waals surface area contributed by atoms with Crippen LogP contribution >= 0.6 is 0 Å². The van der Waals surface area contributed by atoms with E-state index in [1.54, 1.807) is 0 Å². The summed E-state index contributed by atoms with van der Waals surface area (Å²) in [5.41, 5.74) is 4.04. The molecule has 13 heavy (non-hydrogen) atoms. The molecule has 1 saturated heterocycles. The van der Waals surface area contributed by atoms with E-state index in [2.05, 4.69) is 18.2 Å². The van der Waals surface area contributed by atoms with Gasteiger partial charge in [0.1, 0.15) is 0 Å². The molecule has 4 rings (SSSR count). The highest BCUT2D eigenvalue weighted by Crippen LogP contribution is 2.33. The summed E-state index contributed by atoms with van der Waals surface area (Å²) in [5, 5.41) is 0. The van der Waals surface area contributed by atoms with Crippen molar-refractivity contribution in [3.05, 3.63) is 34.9 Å². The summed E-state index contributed by atoms with van der Waals surface area (Å²) < 4.78 is 10.9. The van der Waals surface area contributed by atoms with Crippen LogP contribution in [-0.2, 0) is 15.9 Å². The lowest BCUT2D eigenvalue weighted by Gasteiger charge is -2.21. The maximum absolute atomic E-state index is 5.43. The first-order chi connectivity index (χ1) is 5.93.